The van der Waals surface area contributed by atoms with Crippen LogP contribution in [0, 0.1) is 5.41 Å². The van der Waals surface area contributed by atoms with E-state index in [-0.39, 0.29) is 35.6 Å². The summed E-state index contributed by atoms with van der Waals surface area (Å²) in [6, 6.07) is 7.10. The number of hydrogen-bond acceptors (Lipinski definition) is 5. The maximum absolute atomic E-state index is 12.6. The Kier molecular flexibility index (Phi) is 6.91. The van der Waals surface area contributed by atoms with Gasteiger partial charge in [-0.1, -0.05) is 26.0 Å². The molecule has 1 aromatic rings. The van der Waals surface area contributed by atoms with Gasteiger partial charge in [-0.05, 0) is 42.4 Å². The van der Waals surface area contributed by atoms with Gasteiger partial charge in [0.2, 0.25) is 0 Å². The van der Waals surface area contributed by atoms with Crippen LogP contribution in [-0.2, 0) is 21.0 Å². The van der Waals surface area contributed by atoms with Crippen LogP contribution in [0.25, 0.3) is 0 Å². The first kappa shape index (κ1) is 20.8. The number of nitrogens with one attached hydrogen (secondary N) is 1. The molecule has 0 spiro atoms. The van der Waals surface area contributed by atoms with E-state index in [1.807, 2.05) is 13.8 Å². The average Bonchev–Trinajstić information content (AvgIpc) is 2.57. The van der Waals surface area contributed by atoms with Gasteiger partial charge in [-0.15, -0.1) is 0 Å². The predicted octanol–water partition coefficient (Wildman–Crippen LogP) is 3.45. The number of aliphatic carboxylic acids is 1. The number of anilines is 1. The molecule has 0 unspecified atom stereocenters. The van der Waals surface area contributed by atoms with Gasteiger partial charge in [-0.2, -0.15) is 0 Å². The lowest BCUT2D eigenvalue weighted by Gasteiger charge is -2.30. The van der Waals surface area contributed by atoms with E-state index in [1.165, 1.54) is 0 Å². The normalized spacial score (nSPS) is 16.3. The summed E-state index contributed by atoms with van der Waals surface area (Å²) < 4.78 is 0. The zero-order chi connectivity index (χ0) is 20.0. The molecule has 0 bridgehead atoms. The molecule has 1 aliphatic carbocycles. The van der Waals surface area contributed by atoms with Crippen molar-refractivity contribution >= 4 is 23.2 Å². The van der Waals surface area contributed by atoms with E-state index < -0.39 is 5.97 Å². The second-order valence-corrected chi connectivity index (χ2v) is 7.80. The minimum atomic E-state index is -0.858. The summed E-state index contributed by atoms with van der Waals surface area (Å²) in [4.78, 5) is 36.0. The summed E-state index contributed by atoms with van der Waals surface area (Å²) in [5.41, 5.74) is 1.93. The molecule has 0 heterocycles. The Morgan fingerprint density at radius 1 is 1.04 bits per heavy atom. The second kappa shape index (κ2) is 8.95. The van der Waals surface area contributed by atoms with Gasteiger partial charge in [-0.25, -0.2) is 0 Å². The van der Waals surface area contributed by atoms with Gasteiger partial charge < -0.3 is 15.5 Å². The fraction of sp³-hybridized carbons (Fsp3) is 0.476. The van der Waals surface area contributed by atoms with Crippen LogP contribution in [-0.4, -0.2) is 27.7 Å². The SMILES string of the molecule is CC1(C)CC(=O)C(=C(CCCCC(=O)O)Nc2ccc(CO)cc2)C(=O)C1. The van der Waals surface area contributed by atoms with Crippen molar-refractivity contribution in [1.82, 2.24) is 0 Å². The molecular formula is C21H27NO5. The van der Waals surface area contributed by atoms with Crippen LogP contribution < -0.4 is 5.32 Å². The van der Waals surface area contributed by atoms with E-state index in [0.29, 0.717) is 37.8 Å². The van der Waals surface area contributed by atoms with Crippen molar-refractivity contribution < 1.29 is 24.6 Å². The molecule has 3 N–H and O–H groups in total. The van der Waals surface area contributed by atoms with Crippen LogP contribution in [0.3, 0.4) is 0 Å². The quantitative estimate of drug-likeness (QED) is 0.366. The summed E-state index contributed by atoms with van der Waals surface area (Å²) in [6.45, 7) is 3.76. The van der Waals surface area contributed by atoms with E-state index in [9.17, 15) is 14.4 Å². The fourth-order valence-electron chi connectivity index (χ4n) is 3.30. The van der Waals surface area contributed by atoms with Crippen molar-refractivity contribution in [3.63, 3.8) is 0 Å². The van der Waals surface area contributed by atoms with Gasteiger partial charge >= 0.3 is 5.97 Å². The molecule has 1 aliphatic rings. The summed E-state index contributed by atoms with van der Waals surface area (Å²) in [6.07, 6.45) is 2.17. The number of aliphatic hydroxyl groups is 1. The highest BCUT2D eigenvalue weighted by Gasteiger charge is 2.37. The highest BCUT2D eigenvalue weighted by atomic mass is 16.4. The number of ketones is 2. The van der Waals surface area contributed by atoms with Gasteiger partial charge in [0.25, 0.3) is 0 Å². The molecule has 0 amide bonds. The minimum absolute atomic E-state index is 0.0583. The first-order valence-corrected chi connectivity index (χ1v) is 9.20. The zero-order valence-electron chi connectivity index (χ0n) is 15.9. The Bertz CT molecular complexity index is 724. The molecule has 1 fully saturated rings. The third-order valence-corrected chi connectivity index (χ3v) is 4.64. The lowest BCUT2D eigenvalue weighted by Crippen LogP contribution is -2.33. The molecule has 1 aromatic carbocycles. The summed E-state index contributed by atoms with van der Waals surface area (Å²) in [7, 11) is 0. The smallest absolute Gasteiger partial charge is 0.303 e. The molecule has 6 heteroatoms. The number of benzene rings is 1. The monoisotopic (exact) mass is 373 g/mol. The number of hydrogen-bond donors (Lipinski definition) is 3. The van der Waals surface area contributed by atoms with Gasteiger partial charge in [0, 0.05) is 30.6 Å². The van der Waals surface area contributed by atoms with Crippen LogP contribution in [0.15, 0.2) is 35.5 Å². The van der Waals surface area contributed by atoms with Crippen molar-refractivity contribution in [2.24, 2.45) is 5.41 Å². The molecule has 0 saturated heterocycles. The molecule has 146 valence electrons. The van der Waals surface area contributed by atoms with Crippen molar-refractivity contribution in [3.8, 4) is 0 Å². The minimum Gasteiger partial charge on any atom is -0.481 e. The number of carboxylic acids is 1. The molecular weight excluding hydrogens is 346 g/mol. The number of aliphatic hydroxyl groups excluding tert-OH is 1. The summed E-state index contributed by atoms with van der Waals surface area (Å²) in [5.74, 6) is -1.18. The molecule has 0 atom stereocenters. The maximum atomic E-state index is 12.6. The molecule has 6 nitrogen and oxygen atoms in total. The summed E-state index contributed by atoms with van der Waals surface area (Å²) >= 11 is 0. The van der Waals surface area contributed by atoms with Crippen LogP contribution in [0.5, 0.6) is 0 Å². The lowest BCUT2D eigenvalue weighted by atomic mass is 9.73. The number of unbranched alkanes of at least 4 members (excludes halogenated alkanes) is 1. The summed E-state index contributed by atoms with van der Waals surface area (Å²) in [5, 5.41) is 21.1. The second-order valence-electron chi connectivity index (χ2n) is 7.80. The topological polar surface area (TPSA) is 104 Å². The number of carboxylic acid groups (broad SMARTS) is 1. The highest BCUT2D eigenvalue weighted by Crippen LogP contribution is 2.35. The Balaban J connectivity index is 2.26. The Morgan fingerprint density at radius 2 is 1.59 bits per heavy atom. The van der Waals surface area contributed by atoms with Crippen molar-refractivity contribution in [2.45, 2.75) is 59.0 Å². The van der Waals surface area contributed by atoms with Crippen molar-refractivity contribution in [1.29, 1.82) is 0 Å². The fourth-order valence-corrected chi connectivity index (χ4v) is 3.30. The van der Waals surface area contributed by atoms with Gasteiger partial charge in [0.05, 0.1) is 12.2 Å². The van der Waals surface area contributed by atoms with Crippen LogP contribution in [0.4, 0.5) is 5.69 Å². The largest absolute Gasteiger partial charge is 0.481 e. The number of carbonyl (C=O) groups is 3. The van der Waals surface area contributed by atoms with E-state index >= 15 is 0 Å². The Labute approximate surface area is 159 Å². The standard InChI is InChI=1S/C21H27NO5/c1-21(2)11-17(24)20(18(25)12-21)16(5-3-4-6-19(26)27)22-15-9-7-14(13-23)8-10-15/h7-10,22-23H,3-6,11-13H2,1-2H3,(H,26,27). The third-order valence-electron chi connectivity index (χ3n) is 4.64. The van der Waals surface area contributed by atoms with Crippen LogP contribution in [0.2, 0.25) is 0 Å². The van der Waals surface area contributed by atoms with E-state index in [0.717, 1.165) is 11.3 Å². The Hall–Kier alpha value is -2.47. The zero-order valence-corrected chi connectivity index (χ0v) is 15.9. The predicted molar refractivity (Wildman–Crippen MR) is 102 cm³/mol. The van der Waals surface area contributed by atoms with Crippen molar-refractivity contribution in [2.75, 3.05) is 5.32 Å². The molecule has 0 radical (unpaired) electrons. The lowest BCUT2D eigenvalue weighted by molar-refractivity contribution is -0.137. The number of rotatable bonds is 8. The molecule has 0 aromatic heterocycles. The van der Waals surface area contributed by atoms with Crippen LogP contribution in [0.1, 0.15) is 57.9 Å². The number of Topliss-reactive ketones (excluding diaryl/α,β-unsaturated/α-hetero) is 2. The molecule has 27 heavy (non-hydrogen) atoms. The number of carbonyl (C=O) groups excluding carboxylic acids is 2. The average molecular weight is 373 g/mol. The Morgan fingerprint density at radius 3 is 2.11 bits per heavy atom. The van der Waals surface area contributed by atoms with Gasteiger partial charge in [0.1, 0.15) is 0 Å². The van der Waals surface area contributed by atoms with E-state index in [1.54, 1.807) is 24.3 Å². The van der Waals surface area contributed by atoms with E-state index in [4.69, 9.17) is 10.2 Å². The first-order valence-electron chi connectivity index (χ1n) is 9.20. The van der Waals surface area contributed by atoms with Gasteiger partial charge in [-0.3, -0.25) is 14.4 Å². The maximum Gasteiger partial charge on any atom is 0.303 e. The molecule has 0 aliphatic heterocycles. The van der Waals surface area contributed by atoms with Gasteiger partial charge in [0.15, 0.2) is 11.6 Å². The van der Waals surface area contributed by atoms with Crippen molar-refractivity contribution in [3.05, 3.63) is 41.1 Å². The first-order chi connectivity index (χ1) is 12.7. The highest BCUT2D eigenvalue weighted by molar-refractivity contribution is 6.23. The molecule has 2 rings (SSSR count). The van der Waals surface area contributed by atoms with Crippen LogP contribution >= 0.6 is 0 Å². The third kappa shape index (κ3) is 6.03. The molecule has 1 saturated carbocycles. The number of allylic oxidation sites excluding steroid dienone is 2. The van der Waals surface area contributed by atoms with E-state index in [2.05, 4.69) is 5.32 Å².